The molecular formula is C52H98N2O5. The zero-order valence-corrected chi connectivity index (χ0v) is 39.1. The average molecular weight is 831 g/mol. The first-order valence-corrected chi connectivity index (χ1v) is 25.7. The van der Waals surface area contributed by atoms with Gasteiger partial charge in [0.05, 0.1) is 0 Å². The minimum absolute atomic E-state index is 0.0685. The van der Waals surface area contributed by atoms with Crippen LogP contribution in [0.5, 0.6) is 0 Å². The molecular weight excluding hydrogens is 733 g/mol. The van der Waals surface area contributed by atoms with Crippen molar-refractivity contribution in [2.24, 2.45) is 5.73 Å². The first-order valence-electron chi connectivity index (χ1n) is 25.7. The molecule has 0 saturated heterocycles. The third-order valence-electron chi connectivity index (χ3n) is 11.8. The van der Waals surface area contributed by atoms with Crippen LogP contribution < -0.4 is 11.1 Å². The molecule has 0 aliphatic carbocycles. The standard InChI is InChI=1S/C52H98N2O5/c1-3-5-7-9-11-13-14-15-16-17-18-19-20-21-22-23-24-25-26-28-30-36-40-46-51(56)59-48(42-37-33-29-27-12-10-8-6-4-2)43-38-34-31-32-35-39-45-50(55)54-49(52(57)58)44-41-47-53/h27,29,37,42,48-49H,3-26,28,30-36,38-41,43-47,53H2,1-2H3,(H,54,55)(H,57,58)/b29-27-,42-37-. The third-order valence-corrected chi connectivity index (χ3v) is 11.8. The number of unbranched alkanes of at least 4 members (excludes halogenated alkanes) is 31. The van der Waals surface area contributed by atoms with E-state index in [0.717, 1.165) is 70.6 Å². The number of hydrogen-bond donors (Lipinski definition) is 3. The second kappa shape index (κ2) is 46.9. The Bertz CT molecular complexity index is 982. The molecule has 0 aromatic carbocycles. The fourth-order valence-electron chi connectivity index (χ4n) is 7.87. The molecule has 2 atom stereocenters. The maximum Gasteiger partial charge on any atom is 0.326 e. The fourth-order valence-corrected chi connectivity index (χ4v) is 7.87. The minimum Gasteiger partial charge on any atom is -0.480 e. The van der Waals surface area contributed by atoms with Gasteiger partial charge >= 0.3 is 11.9 Å². The summed E-state index contributed by atoms with van der Waals surface area (Å²) in [6.45, 7) is 4.95. The van der Waals surface area contributed by atoms with Crippen LogP contribution in [0.4, 0.5) is 0 Å². The number of carbonyl (C=O) groups excluding carboxylic acids is 2. The molecule has 0 aromatic rings. The van der Waals surface area contributed by atoms with Gasteiger partial charge in [0.2, 0.25) is 5.91 Å². The monoisotopic (exact) mass is 831 g/mol. The Hall–Kier alpha value is -2.15. The molecule has 0 aromatic heterocycles. The summed E-state index contributed by atoms with van der Waals surface area (Å²) in [6.07, 6.45) is 55.6. The Balaban J connectivity index is 4.09. The van der Waals surface area contributed by atoms with E-state index in [1.807, 2.05) is 0 Å². The smallest absolute Gasteiger partial charge is 0.326 e. The molecule has 0 bridgehead atoms. The molecule has 4 N–H and O–H groups in total. The summed E-state index contributed by atoms with van der Waals surface area (Å²) in [7, 11) is 0. The first-order chi connectivity index (χ1) is 28.9. The second-order valence-electron chi connectivity index (χ2n) is 17.6. The highest BCUT2D eigenvalue weighted by molar-refractivity contribution is 5.83. The third kappa shape index (κ3) is 43.7. The fraction of sp³-hybridized carbons (Fsp3) is 0.865. The van der Waals surface area contributed by atoms with Gasteiger partial charge in [-0.05, 0) is 70.4 Å². The lowest BCUT2D eigenvalue weighted by Crippen LogP contribution is -2.40. The average Bonchev–Trinajstić information content (AvgIpc) is 3.22. The molecule has 7 heteroatoms. The Morgan fingerprint density at radius 1 is 0.508 bits per heavy atom. The number of amides is 1. The maximum absolute atomic E-state index is 12.8. The predicted octanol–water partition coefficient (Wildman–Crippen LogP) is 15.2. The van der Waals surface area contributed by atoms with E-state index in [4.69, 9.17) is 10.5 Å². The van der Waals surface area contributed by atoms with Crippen molar-refractivity contribution in [1.29, 1.82) is 0 Å². The first kappa shape index (κ1) is 56.9. The van der Waals surface area contributed by atoms with Crippen molar-refractivity contribution in [3.63, 3.8) is 0 Å². The largest absolute Gasteiger partial charge is 0.480 e. The lowest BCUT2D eigenvalue weighted by Gasteiger charge is -2.15. The molecule has 346 valence electrons. The van der Waals surface area contributed by atoms with Gasteiger partial charge in [-0.2, -0.15) is 0 Å². The van der Waals surface area contributed by atoms with E-state index < -0.39 is 12.0 Å². The summed E-state index contributed by atoms with van der Waals surface area (Å²) in [6, 6.07) is -0.855. The summed E-state index contributed by atoms with van der Waals surface area (Å²) >= 11 is 0. The molecule has 0 saturated carbocycles. The highest BCUT2D eigenvalue weighted by Crippen LogP contribution is 2.17. The number of nitrogens with one attached hydrogen (secondary N) is 1. The summed E-state index contributed by atoms with van der Waals surface area (Å²) in [5.41, 5.74) is 5.49. The van der Waals surface area contributed by atoms with Gasteiger partial charge in [0.25, 0.3) is 0 Å². The van der Waals surface area contributed by atoms with E-state index in [0.29, 0.717) is 32.2 Å². The highest BCUT2D eigenvalue weighted by atomic mass is 16.5. The van der Waals surface area contributed by atoms with E-state index in [1.165, 1.54) is 161 Å². The van der Waals surface area contributed by atoms with Gasteiger partial charge in [-0.25, -0.2) is 4.79 Å². The number of esters is 1. The molecule has 0 fully saturated rings. The number of ether oxygens (including phenoxy) is 1. The van der Waals surface area contributed by atoms with E-state index in [1.54, 1.807) is 0 Å². The number of aliphatic carboxylic acids is 1. The number of carbonyl (C=O) groups is 3. The molecule has 7 nitrogen and oxygen atoms in total. The van der Waals surface area contributed by atoms with Crippen LogP contribution in [0.3, 0.4) is 0 Å². The number of carboxylic acid groups (broad SMARTS) is 1. The van der Waals surface area contributed by atoms with Crippen LogP contribution in [0.2, 0.25) is 0 Å². The molecule has 2 unspecified atom stereocenters. The van der Waals surface area contributed by atoms with Crippen LogP contribution in [-0.4, -0.2) is 41.6 Å². The summed E-state index contributed by atoms with van der Waals surface area (Å²) < 4.78 is 5.97. The van der Waals surface area contributed by atoms with Gasteiger partial charge in [-0.3, -0.25) is 9.59 Å². The van der Waals surface area contributed by atoms with Crippen LogP contribution in [0, 0.1) is 0 Å². The number of allylic oxidation sites excluding steroid dienone is 3. The minimum atomic E-state index is -1.00. The van der Waals surface area contributed by atoms with E-state index in [-0.39, 0.29) is 18.0 Å². The molecule has 0 rings (SSSR count). The second-order valence-corrected chi connectivity index (χ2v) is 17.6. The predicted molar refractivity (Wildman–Crippen MR) is 253 cm³/mol. The van der Waals surface area contributed by atoms with E-state index >= 15 is 0 Å². The quantitative estimate of drug-likeness (QED) is 0.0319. The molecule has 0 aliphatic rings. The Morgan fingerprint density at radius 2 is 0.932 bits per heavy atom. The summed E-state index contributed by atoms with van der Waals surface area (Å²) in [4.78, 5) is 36.4. The van der Waals surface area contributed by atoms with Gasteiger partial charge in [0, 0.05) is 12.8 Å². The number of carboxylic acids is 1. The van der Waals surface area contributed by atoms with E-state index in [2.05, 4.69) is 43.5 Å². The van der Waals surface area contributed by atoms with Gasteiger partial charge in [-0.1, -0.05) is 218 Å². The van der Waals surface area contributed by atoms with E-state index in [9.17, 15) is 19.5 Å². The maximum atomic E-state index is 12.8. The van der Waals surface area contributed by atoms with Gasteiger partial charge < -0.3 is 20.9 Å². The van der Waals surface area contributed by atoms with Crippen molar-refractivity contribution in [2.75, 3.05) is 6.54 Å². The molecule has 0 aliphatic heterocycles. The lowest BCUT2D eigenvalue weighted by molar-refractivity contribution is -0.147. The van der Waals surface area contributed by atoms with Gasteiger partial charge in [-0.15, -0.1) is 0 Å². The number of rotatable bonds is 47. The zero-order chi connectivity index (χ0) is 43.1. The van der Waals surface area contributed by atoms with Crippen molar-refractivity contribution in [2.45, 2.75) is 283 Å². The molecule has 1 amide bonds. The van der Waals surface area contributed by atoms with Crippen LogP contribution in [-0.2, 0) is 19.1 Å². The van der Waals surface area contributed by atoms with Crippen molar-refractivity contribution in [3.05, 3.63) is 24.3 Å². The molecule has 0 radical (unpaired) electrons. The van der Waals surface area contributed by atoms with Crippen LogP contribution in [0.1, 0.15) is 271 Å². The van der Waals surface area contributed by atoms with Crippen LogP contribution >= 0.6 is 0 Å². The zero-order valence-electron chi connectivity index (χ0n) is 39.1. The van der Waals surface area contributed by atoms with Gasteiger partial charge in [0.1, 0.15) is 12.1 Å². The molecule has 0 spiro atoms. The lowest BCUT2D eigenvalue weighted by atomic mass is 10.0. The Kier molecular flexibility index (Phi) is 45.2. The molecule has 0 heterocycles. The number of hydrogen-bond acceptors (Lipinski definition) is 5. The van der Waals surface area contributed by atoms with Crippen molar-refractivity contribution in [3.8, 4) is 0 Å². The highest BCUT2D eigenvalue weighted by Gasteiger charge is 2.19. The SMILES string of the molecule is CCCCCC/C=C\C/C=C\C(CCCCCCCCC(=O)NC(CCCN)C(=O)O)OC(=O)CCCCCCCCCCCCCCCCCCCCCCCCC. The Morgan fingerprint density at radius 3 is 1.39 bits per heavy atom. The molecule has 59 heavy (non-hydrogen) atoms. The van der Waals surface area contributed by atoms with Crippen LogP contribution in [0.15, 0.2) is 24.3 Å². The van der Waals surface area contributed by atoms with Crippen LogP contribution in [0.25, 0.3) is 0 Å². The topological polar surface area (TPSA) is 119 Å². The Labute approximate surface area is 365 Å². The van der Waals surface area contributed by atoms with Crippen molar-refractivity contribution >= 4 is 17.8 Å². The van der Waals surface area contributed by atoms with Crippen molar-refractivity contribution in [1.82, 2.24) is 5.32 Å². The normalized spacial score (nSPS) is 12.7. The summed E-state index contributed by atoms with van der Waals surface area (Å²) in [5.74, 6) is -1.27. The summed E-state index contributed by atoms with van der Waals surface area (Å²) in [5, 5.41) is 11.9. The van der Waals surface area contributed by atoms with Gasteiger partial charge in [0.15, 0.2) is 0 Å². The number of nitrogens with two attached hydrogens (primary N) is 1. The van der Waals surface area contributed by atoms with Crippen molar-refractivity contribution < 1.29 is 24.2 Å².